The zero-order valence-corrected chi connectivity index (χ0v) is 19.6. The van der Waals surface area contributed by atoms with Crippen molar-refractivity contribution in [1.29, 1.82) is 0 Å². The molecule has 0 bridgehead atoms. The molecule has 2 N–H and O–H groups in total. The topological polar surface area (TPSA) is 92.8 Å². The van der Waals surface area contributed by atoms with Crippen LogP contribution in [0.4, 0.5) is 21.6 Å². The molecule has 0 radical (unpaired) electrons. The van der Waals surface area contributed by atoms with Gasteiger partial charge in [0.05, 0.1) is 25.6 Å². The van der Waals surface area contributed by atoms with Crippen LogP contribution < -0.4 is 25.0 Å². The Bertz CT molecular complexity index is 1210. The Hall–Kier alpha value is -4.14. The normalized spacial score (nSPS) is 13.7. The van der Waals surface area contributed by atoms with Crippen molar-refractivity contribution in [1.82, 2.24) is 4.98 Å². The number of methoxy groups -OCH3 is 2. The van der Waals surface area contributed by atoms with E-state index in [-0.39, 0.29) is 17.5 Å². The second kappa shape index (κ2) is 10.9. The number of ether oxygens (including phenoxy) is 2. The van der Waals surface area contributed by atoms with Gasteiger partial charge in [-0.3, -0.25) is 9.59 Å². The molecule has 8 nitrogen and oxygen atoms in total. The van der Waals surface area contributed by atoms with E-state index in [9.17, 15) is 14.0 Å². The number of nitrogens with zero attached hydrogens (tertiary/aromatic N) is 2. The third kappa shape index (κ3) is 5.68. The van der Waals surface area contributed by atoms with Crippen LogP contribution in [0.2, 0.25) is 0 Å². The number of carbonyl (C=O) groups is 2. The number of carbonyl (C=O) groups excluding carboxylic acids is 2. The Morgan fingerprint density at radius 2 is 1.74 bits per heavy atom. The van der Waals surface area contributed by atoms with Crippen molar-refractivity contribution in [3.8, 4) is 11.5 Å². The molecule has 0 unspecified atom stereocenters. The highest BCUT2D eigenvalue weighted by atomic mass is 19.1. The van der Waals surface area contributed by atoms with Crippen LogP contribution in [0.5, 0.6) is 11.5 Å². The third-order valence-electron chi connectivity index (χ3n) is 5.98. The van der Waals surface area contributed by atoms with E-state index in [0.717, 1.165) is 0 Å². The maximum Gasteiger partial charge on any atom is 0.255 e. The lowest BCUT2D eigenvalue weighted by Crippen LogP contribution is -2.38. The number of nitrogens with one attached hydrogen (secondary N) is 2. The van der Waals surface area contributed by atoms with E-state index in [4.69, 9.17) is 9.47 Å². The standard InChI is InChI=1S/C26H27FN4O4/c1-34-19-7-8-23(35-2)22(16-19)30-25(32)17-10-13-31(14-11-17)24-15-18(9-12-28-24)26(33)29-21-6-4-3-5-20(21)27/h3-9,12,15-17H,10-11,13-14H2,1-2H3,(H,29,33)(H,30,32). The van der Waals surface area contributed by atoms with Crippen molar-refractivity contribution in [3.63, 3.8) is 0 Å². The molecule has 0 spiro atoms. The number of pyridine rings is 1. The van der Waals surface area contributed by atoms with E-state index in [1.54, 1.807) is 62.9 Å². The van der Waals surface area contributed by atoms with E-state index in [0.29, 0.717) is 54.5 Å². The minimum atomic E-state index is -0.498. The van der Waals surface area contributed by atoms with Gasteiger partial charge >= 0.3 is 0 Å². The molecule has 35 heavy (non-hydrogen) atoms. The van der Waals surface area contributed by atoms with Gasteiger partial charge in [0.2, 0.25) is 5.91 Å². The molecule has 1 saturated heterocycles. The summed E-state index contributed by atoms with van der Waals surface area (Å²) in [5.41, 5.74) is 1.06. The Morgan fingerprint density at radius 1 is 0.971 bits per heavy atom. The SMILES string of the molecule is COc1ccc(OC)c(NC(=O)C2CCN(c3cc(C(=O)Nc4ccccc4F)ccn3)CC2)c1. The van der Waals surface area contributed by atoms with Crippen LogP contribution in [0.3, 0.4) is 0 Å². The summed E-state index contributed by atoms with van der Waals surface area (Å²) in [5, 5.41) is 5.54. The predicted octanol–water partition coefficient (Wildman–Crippen LogP) is 4.35. The van der Waals surface area contributed by atoms with Gasteiger partial charge in [0.25, 0.3) is 5.91 Å². The molecule has 1 aliphatic heterocycles. The summed E-state index contributed by atoms with van der Waals surface area (Å²) in [6.07, 6.45) is 2.82. The van der Waals surface area contributed by atoms with Crippen LogP contribution in [-0.4, -0.2) is 44.1 Å². The summed E-state index contributed by atoms with van der Waals surface area (Å²) in [6.45, 7) is 1.22. The van der Waals surface area contributed by atoms with Gasteiger partial charge in [-0.1, -0.05) is 12.1 Å². The lowest BCUT2D eigenvalue weighted by molar-refractivity contribution is -0.120. The van der Waals surface area contributed by atoms with Crippen LogP contribution >= 0.6 is 0 Å². The molecule has 0 atom stereocenters. The average molecular weight is 479 g/mol. The number of rotatable bonds is 7. The highest BCUT2D eigenvalue weighted by molar-refractivity contribution is 6.04. The van der Waals surface area contributed by atoms with Crippen molar-refractivity contribution in [2.24, 2.45) is 5.92 Å². The Kier molecular flexibility index (Phi) is 7.45. The lowest BCUT2D eigenvalue weighted by Gasteiger charge is -2.32. The molecule has 4 rings (SSSR count). The molecule has 2 amide bonds. The first kappa shape index (κ1) is 24.0. The lowest BCUT2D eigenvalue weighted by atomic mass is 9.95. The van der Waals surface area contributed by atoms with Gasteiger partial charge in [0.1, 0.15) is 23.1 Å². The second-order valence-electron chi connectivity index (χ2n) is 8.15. The van der Waals surface area contributed by atoms with Crippen LogP contribution in [0, 0.1) is 11.7 Å². The summed E-state index contributed by atoms with van der Waals surface area (Å²) in [5.74, 6) is 0.658. The van der Waals surface area contributed by atoms with E-state index in [2.05, 4.69) is 15.6 Å². The molecule has 1 aromatic heterocycles. The first-order valence-corrected chi connectivity index (χ1v) is 11.3. The fraction of sp³-hybridized carbons (Fsp3) is 0.269. The number of aromatic nitrogens is 1. The number of halogens is 1. The second-order valence-corrected chi connectivity index (χ2v) is 8.15. The van der Waals surface area contributed by atoms with E-state index >= 15 is 0 Å². The first-order chi connectivity index (χ1) is 17.0. The zero-order chi connectivity index (χ0) is 24.8. The van der Waals surface area contributed by atoms with Gasteiger partial charge in [-0.15, -0.1) is 0 Å². The molecule has 182 valence electrons. The number of hydrogen-bond donors (Lipinski definition) is 2. The minimum absolute atomic E-state index is 0.0813. The molecule has 1 fully saturated rings. The minimum Gasteiger partial charge on any atom is -0.497 e. The molecular weight excluding hydrogens is 451 g/mol. The Morgan fingerprint density at radius 3 is 2.46 bits per heavy atom. The fourth-order valence-electron chi connectivity index (χ4n) is 4.01. The predicted molar refractivity (Wildman–Crippen MR) is 132 cm³/mol. The van der Waals surface area contributed by atoms with Crippen LogP contribution in [0.25, 0.3) is 0 Å². The van der Waals surface area contributed by atoms with Gasteiger partial charge in [0.15, 0.2) is 0 Å². The molecule has 1 aliphatic rings. The molecule has 2 aromatic carbocycles. The number of amides is 2. The van der Waals surface area contributed by atoms with E-state index < -0.39 is 11.7 Å². The fourth-order valence-corrected chi connectivity index (χ4v) is 4.01. The van der Waals surface area contributed by atoms with Crippen LogP contribution in [0.1, 0.15) is 23.2 Å². The molecule has 9 heteroatoms. The summed E-state index contributed by atoms with van der Waals surface area (Å²) in [6, 6.07) is 14.5. The number of benzene rings is 2. The van der Waals surface area contributed by atoms with Crippen LogP contribution in [-0.2, 0) is 4.79 Å². The molecule has 2 heterocycles. The molecule has 0 saturated carbocycles. The highest BCUT2D eigenvalue weighted by Gasteiger charge is 2.27. The van der Waals surface area contributed by atoms with Crippen molar-refractivity contribution < 1.29 is 23.5 Å². The van der Waals surface area contributed by atoms with Crippen molar-refractivity contribution >= 4 is 29.0 Å². The van der Waals surface area contributed by atoms with Crippen LogP contribution in [0.15, 0.2) is 60.8 Å². The third-order valence-corrected chi connectivity index (χ3v) is 5.98. The Balaban J connectivity index is 1.37. The van der Waals surface area contributed by atoms with Gasteiger partial charge in [-0.2, -0.15) is 0 Å². The largest absolute Gasteiger partial charge is 0.497 e. The summed E-state index contributed by atoms with van der Waals surface area (Å²) in [4.78, 5) is 31.9. The van der Waals surface area contributed by atoms with Crippen molar-refractivity contribution in [2.45, 2.75) is 12.8 Å². The summed E-state index contributed by atoms with van der Waals surface area (Å²) < 4.78 is 24.5. The summed E-state index contributed by atoms with van der Waals surface area (Å²) >= 11 is 0. The molecular formula is C26H27FN4O4. The molecule has 3 aromatic rings. The monoisotopic (exact) mass is 478 g/mol. The van der Waals surface area contributed by atoms with Crippen molar-refractivity contribution in [3.05, 3.63) is 72.2 Å². The zero-order valence-electron chi connectivity index (χ0n) is 19.6. The Labute approximate surface area is 203 Å². The number of anilines is 3. The van der Waals surface area contributed by atoms with Gasteiger partial charge in [-0.05, 0) is 49.2 Å². The van der Waals surface area contributed by atoms with E-state index in [1.807, 2.05) is 4.90 Å². The highest BCUT2D eigenvalue weighted by Crippen LogP contribution is 2.31. The number of para-hydroxylation sites is 1. The van der Waals surface area contributed by atoms with Gasteiger partial charge < -0.3 is 25.0 Å². The summed E-state index contributed by atoms with van der Waals surface area (Å²) in [7, 11) is 3.11. The quantitative estimate of drug-likeness (QED) is 0.525. The maximum atomic E-state index is 13.9. The first-order valence-electron chi connectivity index (χ1n) is 11.3. The van der Waals surface area contributed by atoms with Gasteiger partial charge in [-0.25, -0.2) is 9.37 Å². The smallest absolute Gasteiger partial charge is 0.255 e. The number of hydrogen-bond acceptors (Lipinski definition) is 6. The average Bonchev–Trinajstić information content (AvgIpc) is 2.90. The maximum absolute atomic E-state index is 13.9. The number of piperidine rings is 1. The van der Waals surface area contributed by atoms with E-state index in [1.165, 1.54) is 12.1 Å². The van der Waals surface area contributed by atoms with Gasteiger partial charge in [0, 0.05) is 36.8 Å². The molecule has 0 aliphatic carbocycles. The van der Waals surface area contributed by atoms with Crippen molar-refractivity contribution in [2.75, 3.05) is 42.8 Å².